The predicted molar refractivity (Wildman–Crippen MR) is 98.6 cm³/mol. The van der Waals surface area contributed by atoms with E-state index >= 15 is 0 Å². The summed E-state index contributed by atoms with van der Waals surface area (Å²) in [6, 6.07) is 0. The summed E-state index contributed by atoms with van der Waals surface area (Å²) in [6.07, 6.45) is 3.43. The van der Waals surface area contributed by atoms with Crippen LogP contribution in [0.4, 0.5) is 5.82 Å². The van der Waals surface area contributed by atoms with Crippen molar-refractivity contribution < 1.29 is 4.52 Å². The average molecular weight is 352 g/mol. The number of hydrogen-bond acceptors (Lipinski definition) is 7. The molecule has 0 spiro atoms. The topological polar surface area (TPSA) is 132 Å². The van der Waals surface area contributed by atoms with Gasteiger partial charge in [0.25, 0.3) is 0 Å². The van der Waals surface area contributed by atoms with E-state index < -0.39 is 0 Å². The predicted octanol–water partition coefficient (Wildman–Crippen LogP) is 2.72. The van der Waals surface area contributed by atoms with Crippen molar-refractivity contribution in [2.75, 3.05) is 5.73 Å². The van der Waals surface area contributed by atoms with Gasteiger partial charge in [0.05, 0.1) is 16.5 Å². The van der Waals surface area contributed by atoms with Gasteiger partial charge in [0.15, 0.2) is 17.2 Å². The van der Waals surface area contributed by atoms with Crippen LogP contribution in [0.1, 0.15) is 50.9 Å². The van der Waals surface area contributed by atoms with Crippen LogP contribution < -0.4 is 5.73 Å². The van der Waals surface area contributed by atoms with E-state index in [1.165, 1.54) is 6.33 Å². The van der Waals surface area contributed by atoms with E-state index in [1.54, 1.807) is 4.68 Å². The van der Waals surface area contributed by atoms with Crippen LogP contribution in [0.2, 0.25) is 0 Å². The summed E-state index contributed by atoms with van der Waals surface area (Å²) < 4.78 is 7.36. The lowest BCUT2D eigenvalue weighted by Crippen LogP contribution is -2.23. The van der Waals surface area contributed by atoms with Crippen LogP contribution in [0.25, 0.3) is 22.4 Å². The average Bonchev–Trinajstić information content (AvgIpc) is 3.20. The zero-order valence-electron chi connectivity index (χ0n) is 14.9. The third-order valence-corrected chi connectivity index (χ3v) is 4.42. The molecular weight excluding hydrogens is 332 g/mol. The molecule has 26 heavy (non-hydrogen) atoms. The Kier molecular flexibility index (Phi) is 3.43. The molecule has 4 rings (SSSR count). The first-order valence-electron chi connectivity index (χ1n) is 8.38. The minimum absolute atomic E-state index is 0.0111. The molecule has 0 unspecified atom stereocenters. The van der Waals surface area contributed by atoms with Gasteiger partial charge in [0.2, 0.25) is 0 Å². The van der Waals surface area contributed by atoms with Gasteiger partial charge in [-0.25, -0.2) is 19.6 Å². The minimum Gasteiger partial charge on any atom is -0.383 e. The third kappa shape index (κ3) is 2.39. The highest BCUT2D eigenvalue weighted by molar-refractivity contribution is 6.08. The number of nitrogens with zero attached hydrogens (tertiary/aromatic N) is 6. The maximum absolute atomic E-state index is 8.21. The Morgan fingerprint density at radius 1 is 1.35 bits per heavy atom. The first-order valence-corrected chi connectivity index (χ1v) is 8.38. The molecule has 1 fully saturated rings. The molecule has 3 aromatic heterocycles. The maximum atomic E-state index is 8.21. The number of anilines is 1. The van der Waals surface area contributed by atoms with Gasteiger partial charge in [-0.3, -0.25) is 5.41 Å². The number of rotatable bonds is 3. The standard InChI is InChI=1S/C17H20N8O/c1-17(2,3)25-16-10(15(19)21-7-22-16)11(23-25)12-9(14(18)20-4)13(26-24-12)8-5-6-8/h7-8,18H,4-6H2,1-3H3,(H2,19,21,22). The fourth-order valence-electron chi connectivity index (χ4n) is 3.00. The molecule has 1 aliphatic carbocycles. The van der Waals surface area contributed by atoms with Gasteiger partial charge in [0, 0.05) is 5.92 Å². The second-order valence-corrected chi connectivity index (χ2v) is 7.44. The molecule has 3 aromatic rings. The zero-order chi connectivity index (χ0) is 18.6. The number of aromatic nitrogens is 5. The highest BCUT2D eigenvalue weighted by atomic mass is 16.5. The van der Waals surface area contributed by atoms with E-state index in [2.05, 4.69) is 26.8 Å². The summed E-state index contributed by atoms with van der Waals surface area (Å²) in [6.45, 7) is 9.54. The van der Waals surface area contributed by atoms with Gasteiger partial charge < -0.3 is 10.3 Å². The lowest BCUT2D eigenvalue weighted by molar-refractivity contribution is 0.365. The Hall–Kier alpha value is -3.10. The fourth-order valence-corrected chi connectivity index (χ4v) is 3.00. The molecule has 3 heterocycles. The molecule has 0 atom stereocenters. The second kappa shape index (κ2) is 5.45. The Morgan fingerprint density at radius 3 is 2.69 bits per heavy atom. The molecule has 9 nitrogen and oxygen atoms in total. The van der Waals surface area contributed by atoms with Crippen LogP contribution >= 0.6 is 0 Å². The highest BCUT2D eigenvalue weighted by Crippen LogP contribution is 2.45. The Bertz CT molecular complexity index is 1040. The monoisotopic (exact) mass is 352 g/mol. The summed E-state index contributed by atoms with van der Waals surface area (Å²) >= 11 is 0. The number of hydrogen-bond donors (Lipinski definition) is 2. The molecule has 1 saturated carbocycles. The van der Waals surface area contributed by atoms with E-state index in [0.717, 1.165) is 12.8 Å². The van der Waals surface area contributed by atoms with Crippen LogP contribution in [-0.4, -0.2) is 37.5 Å². The lowest BCUT2D eigenvalue weighted by Gasteiger charge is -2.19. The second-order valence-electron chi connectivity index (χ2n) is 7.44. The van der Waals surface area contributed by atoms with Crippen LogP contribution in [-0.2, 0) is 5.54 Å². The van der Waals surface area contributed by atoms with E-state index in [9.17, 15) is 0 Å². The molecule has 0 radical (unpaired) electrons. The number of nitrogen functional groups attached to an aromatic ring is 1. The summed E-state index contributed by atoms with van der Waals surface area (Å²) in [4.78, 5) is 12.3. The van der Waals surface area contributed by atoms with Crippen molar-refractivity contribution in [2.24, 2.45) is 4.99 Å². The normalized spacial score (nSPS) is 14.7. The van der Waals surface area contributed by atoms with Gasteiger partial charge in [-0.15, -0.1) is 0 Å². The molecule has 9 heteroatoms. The maximum Gasteiger partial charge on any atom is 0.164 e. The van der Waals surface area contributed by atoms with Gasteiger partial charge in [-0.2, -0.15) is 5.10 Å². The van der Waals surface area contributed by atoms with Crippen molar-refractivity contribution in [3.05, 3.63) is 17.7 Å². The fraction of sp³-hybridized carbons (Fsp3) is 0.412. The number of fused-ring (bicyclic) bond motifs is 1. The van der Waals surface area contributed by atoms with Crippen LogP contribution in [0.3, 0.4) is 0 Å². The van der Waals surface area contributed by atoms with E-state index in [1.807, 2.05) is 20.8 Å². The Morgan fingerprint density at radius 2 is 2.08 bits per heavy atom. The van der Waals surface area contributed by atoms with Crippen molar-refractivity contribution in [3.63, 3.8) is 0 Å². The Labute approximate surface area is 149 Å². The van der Waals surface area contributed by atoms with E-state index in [0.29, 0.717) is 39.6 Å². The van der Waals surface area contributed by atoms with Gasteiger partial charge >= 0.3 is 0 Å². The smallest absolute Gasteiger partial charge is 0.164 e. The van der Waals surface area contributed by atoms with Crippen molar-refractivity contribution in [2.45, 2.75) is 45.1 Å². The molecule has 0 aliphatic heterocycles. The van der Waals surface area contributed by atoms with Crippen molar-refractivity contribution in [1.29, 1.82) is 5.41 Å². The van der Waals surface area contributed by atoms with Gasteiger partial charge in [-0.1, -0.05) is 5.16 Å². The zero-order valence-corrected chi connectivity index (χ0v) is 14.9. The third-order valence-electron chi connectivity index (χ3n) is 4.42. The van der Waals surface area contributed by atoms with Crippen LogP contribution in [0.15, 0.2) is 15.8 Å². The SMILES string of the molecule is C=NC(=N)c1c(-c2nn(C(C)(C)C)c3ncnc(N)c23)noc1C1CC1. The molecule has 1 aliphatic rings. The molecular formula is C17H20N8O. The summed E-state index contributed by atoms with van der Waals surface area (Å²) in [5, 5.41) is 17.7. The van der Waals surface area contributed by atoms with E-state index in [-0.39, 0.29) is 17.3 Å². The summed E-state index contributed by atoms with van der Waals surface area (Å²) in [5.41, 5.74) is 7.86. The molecule has 0 saturated heterocycles. The summed E-state index contributed by atoms with van der Waals surface area (Å²) in [7, 11) is 0. The molecule has 0 bridgehead atoms. The van der Waals surface area contributed by atoms with Crippen molar-refractivity contribution in [3.8, 4) is 11.4 Å². The van der Waals surface area contributed by atoms with Crippen LogP contribution in [0, 0.1) is 5.41 Å². The highest BCUT2D eigenvalue weighted by Gasteiger charge is 2.36. The molecule has 0 amide bonds. The molecule has 3 N–H and O–H groups in total. The number of nitrogens with two attached hydrogens (primary N) is 1. The number of aliphatic imine (C=N–C) groups is 1. The van der Waals surface area contributed by atoms with Crippen molar-refractivity contribution in [1.82, 2.24) is 24.9 Å². The van der Waals surface area contributed by atoms with Gasteiger partial charge in [-0.05, 0) is 40.3 Å². The largest absolute Gasteiger partial charge is 0.383 e. The first kappa shape index (κ1) is 16.4. The quantitative estimate of drug-likeness (QED) is 0.550. The van der Waals surface area contributed by atoms with Crippen molar-refractivity contribution >= 4 is 29.4 Å². The first-order chi connectivity index (χ1) is 12.3. The molecule has 0 aromatic carbocycles. The Balaban J connectivity index is 2.04. The van der Waals surface area contributed by atoms with E-state index in [4.69, 9.17) is 20.8 Å². The summed E-state index contributed by atoms with van der Waals surface area (Å²) in [5.74, 6) is 1.24. The van der Waals surface area contributed by atoms with Crippen LogP contribution in [0.5, 0.6) is 0 Å². The minimum atomic E-state index is -0.329. The number of nitrogens with one attached hydrogen (secondary N) is 1. The molecule has 134 valence electrons. The van der Waals surface area contributed by atoms with Gasteiger partial charge in [0.1, 0.15) is 23.5 Å². The number of amidine groups is 1. The lowest BCUT2D eigenvalue weighted by atomic mass is 10.1.